The van der Waals surface area contributed by atoms with Crippen LogP contribution in [0.1, 0.15) is 18.7 Å². The van der Waals surface area contributed by atoms with E-state index in [1.165, 1.54) is 0 Å². The van der Waals surface area contributed by atoms with Gasteiger partial charge in [-0.2, -0.15) is 0 Å². The van der Waals surface area contributed by atoms with Crippen molar-refractivity contribution in [3.63, 3.8) is 0 Å². The second-order valence-electron chi connectivity index (χ2n) is 4.14. The van der Waals surface area contributed by atoms with Gasteiger partial charge in [-0.15, -0.1) is 21.5 Å². The minimum Gasteiger partial charge on any atom is -0.420 e. The lowest BCUT2D eigenvalue weighted by atomic mass is 10.5. The molecule has 0 aromatic carbocycles. The molecule has 2 aromatic heterocycles. The van der Waals surface area contributed by atoms with Crippen molar-refractivity contribution >= 4 is 21.4 Å². The molecule has 0 unspecified atom stereocenters. The number of sulfonamides is 1. The molecule has 0 amide bonds. The summed E-state index contributed by atoms with van der Waals surface area (Å²) in [4.78, 5) is 0.659. The van der Waals surface area contributed by atoms with E-state index in [-0.39, 0.29) is 10.3 Å². The molecule has 18 heavy (non-hydrogen) atoms. The maximum absolute atomic E-state index is 12.0. The molecule has 2 heterocycles. The van der Waals surface area contributed by atoms with Crippen molar-refractivity contribution in [2.75, 3.05) is 0 Å². The average molecular weight is 285 g/mol. The predicted molar refractivity (Wildman–Crippen MR) is 65.7 cm³/mol. The molecule has 0 radical (unpaired) electrons. The first-order valence-electron chi connectivity index (χ1n) is 5.47. The summed E-state index contributed by atoms with van der Waals surface area (Å²) in [6.07, 6.45) is 1.83. The third-order valence-corrected chi connectivity index (χ3v) is 5.57. The Bertz CT molecular complexity index is 670. The van der Waals surface area contributed by atoms with Gasteiger partial charge in [0.25, 0.3) is 5.89 Å². The number of hydrogen-bond donors (Lipinski definition) is 1. The Morgan fingerprint density at radius 2 is 2.17 bits per heavy atom. The summed E-state index contributed by atoms with van der Waals surface area (Å²) in [5, 5.41) is 7.58. The van der Waals surface area contributed by atoms with Crippen molar-refractivity contribution in [3.05, 3.63) is 18.0 Å². The molecule has 3 rings (SSSR count). The van der Waals surface area contributed by atoms with Crippen LogP contribution < -0.4 is 4.72 Å². The van der Waals surface area contributed by atoms with Gasteiger partial charge in [0.05, 0.1) is 4.88 Å². The lowest BCUT2D eigenvalue weighted by molar-refractivity contribution is 0.534. The van der Waals surface area contributed by atoms with E-state index in [0.29, 0.717) is 16.7 Å². The van der Waals surface area contributed by atoms with Crippen LogP contribution in [-0.2, 0) is 10.0 Å². The Morgan fingerprint density at radius 3 is 2.78 bits per heavy atom. The van der Waals surface area contributed by atoms with E-state index in [0.717, 1.165) is 24.2 Å². The van der Waals surface area contributed by atoms with Gasteiger partial charge in [0, 0.05) is 13.0 Å². The summed E-state index contributed by atoms with van der Waals surface area (Å²) >= 11 is 1.13. The summed E-state index contributed by atoms with van der Waals surface area (Å²) in [6.45, 7) is 1.69. The molecule has 1 fully saturated rings. The van der Waals surface area contributed by atoms with Gasteiger partial charge in [0.15, 0.2) is 0 Å². The number of hydrogen-bond acceptors (Lipinski definition) is 6. The number of nitrogens with zero attached hydrogens (tertiary/aromatic N) is 2. The topological polar surface area (TPSA) is 85.1 Å². The molecule has 6 nitrogen and oxygen atoms in total. The molecule has 1 saturated carbocycles. The van der Waals surface area contributed by atoms with E-state index in [1.807, 2.05) is 0 Å². The van der Waals surface area contributed by atoms with Crippen molar-refractivity contribution in [1.82, 2.24) is 14.9 Å². The Kier molecular flexibility index (Phi) is 2.72. The van der Waals surface area contributed by atoms with E-state index in [2.05, 4.69) is 14.9 Å². The number of thiophene rings is 1. The van der Waals surface area contributed by atoms with Crippen LogP contribution in [0, 0.1) is 6.92 Å². The molecule has 0 bridgehead atoms. The molecule has 8 heteroatoms. The summed E-state index contributed by atoms with van der Waals surface area (Å²) < 4.78 is 32.1. The molecular weight excluding hydrogens is 274 g/mol. The number of rotatable bonds is 4. The maximum Gasteiger partial charge on any atom is 0.257 e. The molecule has 0 spiro atoms. The Labute approximate surface area is 108 Å². The highest BCUT2D eigenvalue weighted by atomic mass is 32.2. The monoisotopic (exact) mass is 285 g/mol. The van der Waals surface area contributed by atoms with Crippen LogP contribution >= 0.6 is 11.3 Å². The van der Waals surface area contributed by atoms with Crippen LogP contribution in [-0.4, -0.2) is 24.7 Å². The van der Waals surface area contributed by atoms with E-state index >= 15 is 0 Å². The van der Waals surface area contributed by atoms with Crippen LogP contribution in [0.5, 0.6) is 0 Å². The van der Waals surface area contributed by atoms with Crippen LogP contribution in [0.3, 0.4) is 0 Å². The number of aromatic nitrogens is 2. The predicted octanol–water partition coefficient (Wildman–Crippen LogP) is 1.55. The van der Waals surface area contributed by atoms with Gasteiger partial charge in [-0.25, -0.2) is 13.1 Å². The van der Waals surface area contributed by atoms with Gasteiger partial charge in [-0.05, 0) is 25.0 Å². The Morgan fingerprint density at radius 1 is 1.39 bits per heavy atom. The second-order valence-corrected chi connectivity index (χ2v) is 7.17. The van der Waals surface area contributed by atoms with Crippen LogP contribution in [0.15, 0.2) is 20.8 Å². The number of nitrogens with one attached hydrogen (secondary N) is 1. The fraction of sp³-hybridized carbons (Fsp3) is 0.400. The Hall–Kier alpha value is -1.25. The summed E-state index contributed by atoms with van der Waals surface area (Å²) in [7, 11) is -3.40. The van der Waals surface area contributed by atoms with Gasteiger partial charge in [0.2, 0.25) is 15.9 Å². The first-order chi connectivity index (χ1) is 8.54. The van der Waals surface area contributed by atoms with Gasteiger partial charge >= 0.3 is 0 Å². The van der Waals surface area contributed by atoms with Gasteiger partial charge in [0.1, 0.15) is 4.21 Å². The third kappa shape index (κ3) is 2.31. The van der Waals surface area contributed by atoms with E-state index in [1.54, 1.807) is 19.1 Å². The van der Waals surface area contributed by atoms with Crippen molar-refractivity contribution in [3.8, 4) is 10.8 Å². The molecular formula is C10H11N3O3S2. The van der Waals surface area contributed by atoms with Crippen molar-refractivity contribution < 1.29 is 12.8 Å². The highest BCUT2D eigenvalue weighted by Crippen LogP contribution is 2.31. The van der Waals surface area contributed by atoms with E-state index in [4.69, 9.17) is 4.42 Å². The summed E-state index contributed by atoms with van der Waals surface area (Å²) in [6, 6.07) is 3.34. The second kappa shape index (κ2) is 4.15. The molecule has 1 N–H and O–H groups in total. The minimum absolute atomic E-state index is 0.103. The van der Waals surface area contributed by atoms with Crippen LogP contribution in [0.25, 0.3) is 10.8 Å². The first kappa shape index (κ1) is 11.8. The fourth-order valence-electron chi connectivity index (χ4n) is 1.45. The number of aryl methyl sites for hydroxylation is 1. The average Bonchev–Trinajstić information content (AvgIpc) is 2.82. The highest BCUT2D eigenvalue weighted by Gasteiger charge is 2.29. The zero-order valence-corrected chi connectivity index (χ0v) is 11.2. The standard InChI is InChI=1S/C10H11N3O3S2/c1-6-11-12-10(16-6)8-4-5-9(17-8)18(14,15)13-7-2-3-7/h4-5,7,13H,2-3H2,1H3. The van der Waals surface area contributed by atoms with Crippen molar-refractivity contribution in [2.24, 2.45) is 0 Å². The summed E-state index contributed by atoms with van der Waals surface area (Å²) in [5.41, 5.74) is 0. The summed E-state index contributed by atoms with van der Waals surface area (Å²) in [5.74, 6) is 0.810. The van der Waals surface area contributed by atoms with Gasteiger partial charge in [-0.3, -0.25) is 0 Å². The third-order valence-electron chi connectivity index (χ3n) is 2.48. The lowest BCUT2D eigenvalue weighted by Crippen LogP contribution is -2.24. The van der Waals surface area contributed by atoms with Crippen LogP contribution in [0.4, 0.5) is 0 Å². The SMILES string of the molecule is Cc1nnc(-c2ccc(S(=O)(=O)NC3CC3)s2)o1. The highest BCUT2D eigenvalue weighted by molar-refractivity contribution is 7.91. The first-order valence-corrected chi connectivity index (χ1v) is 7.77. The van der Waals surface area contributed by atoms with Gasteiger partial charge in [-0.1, -0.05) is 0 Å². The fourth-order valence-corrected chi connectivity index (χ4v) is 4.00. The quantitative estimate of drug-likeness (QED) is 0.921. The van der Waals surface area contributed by atoms with E-state index < -0.39 is 10.0 Å². The van der Waals surface area contributed by atoms with E-state index in [9.17, 15) is 8.42 Å². The smallest absolute Gasteiger partial charge is 0.257 e. The maximum atomic E-state index is 12.0. The van der Waals surface area contributed by atoms with Crippen LogP contribution in [0.2, 0.25) is 0 Å². The zero-order valence-electron chi connectivity index (χ0n) is 9.58. The molecule has 96 valence electrons. The molecule has 1 aliphatic carbocycles. The molecule has 0 saturated heterocycles. The molecule has 0 aliphatic heterocycles. The molecule has 2 aromatic rings. The zero-order chi connectivity index (χ0) is 12.8. The Balaban J connectivity index is 1.89. The minimum atomic E-state index is -3.40. The molecule has 0 atom stereocenters. The van der Waals surface area contributed by atoms with Crippen molar-refractivity contribution in [1.29, 1.82) is 0 Å². The lowest BCUT2D eigenvalue weighted by Gasteiger charge is -2.00. The largest absolute Gasteiger partial charge is 0.420 e. The van der Waals surface area contributed by atoms with Gasteiger partial charge < -0.3 is 4.42 Å². The normalized spacial score (nSPS) is 16.1. The molecule has 1 aliphatic rings. The van der Waals surface area contributed by atoms with Crippen molar-refractivity contribution in [2.45, 2.75) is 30.0 Å².